The van der Waals surface area contributed by atoms with E-state index in [9.17, 15) is 17.6 Å². The molecule has 0 radical (unpaired) electrons. The lowest BCUT2D eigenvalue weighted by Gasteiger charge is -2.28. The molecule has 0 saturated carbocycles. The molecule has 0 spiro atoms. The summed E-state index contributed by atoms with van der Waals surface area (Å²) in [6.07, 6.45) is -5.01. The van der Waals surface area contributed by atoms with Crippen LogP contribution in [0.25, 0.3) is 0 Å². The molecule has 0 aromatic heterocycles. The van der Waals surface area contributed by atoms with Crippen molar-refractivity contribution in [3.05, 3.63) is 0 Å². The smallest absolute Gasteiger partial charge is 0.393 e. The van der Waals surface area contributed by atoms with Crippen LogP contribution in [0.3, 0.4) is 0 Å². The van der Waals surface area contributed by atoms with E-state index in [0.717, 1.165) is 0 Å². The molecule has 12 heavy (non-hydrogen) atoms. The lowest BCUT2D eigenvalue weighted by molar-refractivity contribution is -0.248. The number of hydrogen-bond acceptors (Lipinski definition) is 2. The SMILES string of the molecule is CC(F)(C(F)(F)F)C1(CO)CO1. The molecular formula is C6H8F4O2. The van der Waals surface area contributed by atoms with Gasteiger partial charge in [0.05, 0.1) is 13.2 Å². The lowest BCUT2D eigenvalue weighted by Crippen LogP contribution is -2.52. The zero-order valence-electron chi connectivity index (χ0n) is 6.28. The summed E-state index contributed by atoms with van der Waals surface area (Å²) in [7, 11) is 0. The number of ether oxygens (including phenoxy) is 1. The summed E-state index contributed by atoms with van der Waals surface area (Å²) in [5.41, 5.74) is -5.54. The first-order valence-electron chi connectivity index (χ1n) is 3.27. The summed E-state index contributed by atoms with van der Waals surface area (Å²) in [4.78, 5) is 0. The highest BCUT2D eigenvalue weighted by molar-refractivity contribution is 5.10. The third-order valence-electron chi connectivity index (χ3n) is 2.14. The molecule has 6 heteroatoms. The van der Waals surface area contributed by atoms with Gasteiger partial charge < -0.3 is 9.84 Å². The molecule has 2 atom stereocenters. The van der Waals surface area contributed by atoms with Gasteiger partial charge in [-0.05, 0) is 6.92 Å². The molecule has 0 aromatic carbocycles. The van der Waals surface area contributed by atoms with Crippen LogP contribution in [0.5, 0.6) is 0 Å². The molecule has 72 valence electrons. The van der Waals surface area contributed by atoms with Gasteiger partial charge in [-0.25, -0.2) is 4.39 Å². The Hall–Kier alpha value is -0.360. The Morgan fingerprint density at radius 3 is 1.92 bits per heavy atom. The first kappa shape index (κ1) is 9.73. The van der Waals surface area contributed by atoms with Crippen molar-refractivity contribution in [3.8, 4) is 0 Å². The number of aliphatic hydroxyl groups excluding tert-OH is 1. The van der Waals surface area contributed by atoms with Crippen LogP contribution in [0.4, 0.5) is 17.6 Å². The number of rotatable bonds is 2. The van der Waals surface area contributed by atoms with E-state index in [2.05, 4.69) is 4.74 Å². The van der Waals surface area contributed by atoms with Gasteiger partial charge >= 0.3 is 6.18 Å². The van der Waals surface area contributed by atoms with Gasteiger partial charge in [-0.3, -0.25) is 0 Å². The van der Waals surface area contributed by atoms with Crippen LogP contribution >= 0.6 is 0 Å². The second-order valence-electron chi connectivity index (χ2n) is 2.94. The first-order chi connectivity index (χ1) is 5.27. The van der Waals surface area contributed by atoms with Crippen LogP contribution in [0.15, 0.2) is 0 Å². The van der Waals surface area contributed by atoms with Gasteiger partial charge in [-0.1, -0.05) is 0 Å². The van der Waals surface area contributed by atoms with Crippen molar-refractivity contribution < 1.29 is 27.4 Å². The fraction of sp³-hybridized carbons (Fsp3) is 1.00. The van der Waals surface area contributed by atoms with Gasteiger partial charge in [-0.15, -0.1) is 0 Å². The van der Waals surface area contributed by atoms with E-state index in [1.54, 1.807) is 0 Å². The van der Waals surface area contributed by atoms with Crippen molar-refractivity contribution >= 4 is 0 Å². The maximum absolute atomic E-state index is 13.0. The average molecular weight is 188 g/mol. The summed E-state index contributed by atoms with van der Waals surface area (Å²) < 4.78 is 53.3. The van der Waals surface area contributed by atoms with Gasteiger partial charge in [0.25, 0.3) is 0 Å². The van der Waals surface area contributed by atoms with Crippen LogP contribution in [-0.2, 0) is 4.74 Å². The van der Waals surface area contributed by atoms with E-state index >= 15 is 0 Å². The number of epoxide rings is 1. The van der Waals surface area contributed by atoms with Crippen LogP contribution < -0.4 is 0 Å². The molecule has 0 amide bonds. The molecule has 0 aromatic rings. The predicted octanol–water partition coefficient (Wildman–Crippen LogP) is 1.04. The standard InChI is InChI=1S/C6H8F4O2/c1-4(7,6(8,9)10)5(2-11)3-12-5/h11H,2-3H2,1H3. The quantitative estimate of drug-likeness (QED) is 0.518. The molecule has 1 aliphatic heterocycles. The molecule has 1 fully saturated rings. The average Bonchev–Trinajstić information content (AvgIpc) is 2.64. The van der Waals surface area contributed by atoms with Crippen molar-refractivity contribution in [2.45, 2.75) is 24.4 Å². The predicted molar refractivity (Wildman–Crippen MR) is 31.3 cm³/mol. The van der Waals surface area contributed by atoms with Crippen molar-refractivity contribution in [1.29, 1.82) is 0 Å². The van der Waals surface area contributed by atoms with Crippen LogP contribution in [0, 0.1) is 0 Å². The Bertz CT molecular complexity index is 182. The molecule has 0 bridgehead atoms. The summed E-state index contributed by atoms with van der Waals surface area (Å²) >= 11 is 0. The van der Waals surface area contributed by atoms with Gasteiger partial charge in [0.1, 0.15) is 0 Å². The van der Waals surface area contributed by atoms with E-state index in [-0.39, 0.29) is 0 Å². The minimum atomic E-state index is -5.01. The van der Waals surface area contributed by atoms with Crippen molar-refractivity contribution in [2.24, 2.45) is 0 Å². The summed E-state index contributed by atoms with van der Waals surface area (Å²) in [5, 5.41) is 8.49. The van der Waals surface area contributed by atoms with E-state index in [4.69, 9.17) is 5.11 Å². The van der Waals surface area contributed by atoms with Crippen molar-refractivity contribution in [2.75, 3.05) is 13.2 Å². The number of halogens is 4. The number of alkyl halides is 4. The van der Waals surface area contributed by atoms with Gasteiger partial charge in [0.15, 0.2) is 5.60 Å². The Morgan fingerprint density at radius 1 is 1.42 bits per heavy atom. The first-order valence-corrected chi connectivity index (χ1v) is 3.27. The Kier molecular flexibility index (Phi) is 1.88. The van der Waals surface area contributed by atoms with E-state index in [1.807, 2.05) is 0 Å². The molecule has 2 nitrogen and oxygen atoms in total. The second kappa shape index (κ2) is 2.32. The van der Waals surface area contributed by atoms with Gasteiger partial charge in [-0.2, -0.15) is 13.2 Å². The van der Waals surface area contributed by atoms with E-state index in [0.29, 0.717) is 6.92 Å². The third-order valence-corrected chi connectivity index (χ3v) is 2.14. The minimum absolute atomic E-state index is 0.371. The lowest BCUT2D eigenvalue weighted by atomic mass is 9.91. The summed E-state index contributed by atoms with van der Waals surface area (Å²) in [6.45, 7) is -0.980. The minimum Gasteiger partial charge on any atom is -0.393 e. The molecule has 1 rings (SSSR count). The van der Waals surface area contributed by atoms with Crippen LogP contribution in [-0.4, -0.2) is 35.8 Å². The van der Waals surface area contributed by atoms with Crippen molar-refractivity contribution in [1.82, 2.24) is 0 Å². The maximum atomic E-state index is 13.0. The largest absolute Gasteiger partial charge is 0.425 e. The highest BCUT2D eigenvalue weighted by Crippen LogP contribution is 2.49. The third kappa shape index (κ3) is 1.09. The van der Waals surface area contributed by atoms with Crippen molar-refractivity contribution in [3.63, 3.8) is 0 Å². The second-order valence-corrected chi connectivity index (χ2v) is 2.94. The number of hydrogen-bond donors (Lipinski definition) is 1. The molecule has 1 saturated heterocycles. The normalized spacial score (nSPS) is 34.5. The number of aliphatic hydroxyl groups is 1. The fourth-order valence-electron chi connectivity index (χ4n) is 0.856. The maximum Gasteiger partial charge on any atom is 0.425 e. The Labute approximate surface area is 66.1 Å². The zero-order chi connectivity index (χ0) is 9.62. The molecule has 2 unspecified atom stereocenters. The Balaban J connectivity index is 2.85. The molecule has 1 heterocycles. The monoisotopic (exact) mass is 188 g/mol. The van der Waals surface area contributed by atoms with Crippen LogP contribution in [0.2, 0.25) is 0 Å². The highest BCUT2D eigenvalue weighted by atomic mass is 19.4. The van der Waals surface area contributed by atoms with Gasteiger partial charge in [0, 0.05) is 0 Å². The van der Waals surface area contributed by atoms with E-state index < -0.39 is 30.7 Å². The fourth-order valence-corrected chi connectivity index (χ4v) is 0.856. The molecule has 1 N–H and O–H groups in total. The molecule has 0 aliphatic carbocycles. The molecular weight excluding hydrogens is 180 g/mol. The highest BCUT2D eigenvalue weighted by Gasteiger charge is 2.72. The Morgan fingerprint density at radius 2 is 1.83 bits per heavy atom. The van der Waals surface area contributed by atoms with E-state index in [1.165, 1.54) is 0 Å². The van der Waals surface area contributed by atoms with Crippen LogP contribution in [0.1, 0.15) is 6.92 Å². The zero-order valence-corrected chi connectivity index (χ0v) is 6.28. The summed E-state index contributed by atoms with van der Waals surface area (Å²) in [6, 6.07) is 0. The summed E-state index contributed by atoms with van der Waals surface area (Å²) in [5.74, 6) is 0. The van der Waals surface area contributed by atoms with Gasteiger partial charge in [0.2, 0.25) is 5.67 Å². The molecule has 1 aliphatic rings. The topological polar surface area (TPSA) is 32.8 Å².